The van der Waals surface area contributed by atoms with E-state index in [4.69, 9.17) is 4.74 Å². The van der Waals surface area contributed by atoms with Crippen molar-refractivity contribution in [2.75, 3.05) is 20.2 Å². The molecule has 0 amide bonds. The molecule has 0 aromatic heterocycles. The zero-order valence-electron chi connectivity index (χ0n) is 10.3. The zero-order chi connectivity index (χ0) is 12.0. The Morgan fingerprint density at radius 1 is 1.31 bits per heavy atom. The molecule has 0 aliphatic rings. The van der Waals surface area contributed by atoms with Crippen molar-refractivity contribution in [1.29, 1.82) is 0 Å². The molecule has 0 spiro atoms. The van der Waals surface area contributed by atoms with Crippen LogP contribution in [0.15, 0.2) is 22.7 Å². The second kappa shape index (κ2) is 6.92. The fourth-order valence-corrected chi connectivity index (χ4v) is 2.32. The fraction of sp³-hybridized carbons (Fsp3) is 0.538. The first-order chi connectivity index (χ1) is 7.71. The molecule has 0 aliphatic heterocycles. The highest BCUT2D eigenvalue weighted by Crippen LogP contribution is 2.25. The number of halogens is 1. The lowest BCUT2D eigenvalue weighted by atomic mass is 10.2. The van der Waals surface area contributed by atoms with Gasteiger partial charge >= 0.3 is 0 Å². The second-order valence-corrected chi connectivity index (χ2v) is 4.69. The minimum absolute atomic E-state index is 0.891. The number of benzene rings is 1. The van der Waals surface area contributed by atoms with Crippen LogP contribution in [0.4, 0.5) is 0 Å². The van der Waals surface area contributed by atoms with Gasteiger partial charge in [-0.15, -0.1) is 0 Å². The molecule has 0 fully saturated rings. The van der Waals surface area contributed by atoms with Crippen molar-refractivity contribution in [2.24, 2.45) is 0 Å². The molecular formula is C13H20BrNO. The standard InChI is InChI=1S/C13H20BrNO/c1-4-8-15(5-2)10-11-6-7-13(16-3)12(14)9-11/h6-7,9H,4-5,8,10H2,1-3H3. The summed E-state index contributed by atoms with van der Waals surface area (Å²) in [5, 5.41) is 0. The molecule has 3 heteroatoms. The quantitative estimate of drug-likeness (QED) is 0.790. The van der Waals surface area contributed by atoms with Crippen LogP contribution in [-0.4, -0.2) is 25.1 Å². The largest absolute Gasteiger partial charge is 0.496 e. The van der Waals surface area contributed by atoms with Crippen LogP contribution in [0.2, 0.25) is 0 Å². The van der Waals surface area contributed by atoms with Crippen molar-refractivity contribution >= 4 is 15.9 Å². The maximum atomic E-state index is 5.22. The van der Waals surface area contributed by atoms with E-state index in [0.717, 1.165) is 29.9 Å². The number of ether oxygens (including phenoxy) is 1. The summed E-state index contributed by atoms with van der Waals surface area (Å²) in [4.78, 5) is 2.44. The van der Waals surface area contributed by atoms with Gasteiger partial charge in [0.2, 0.25) is 0 Å². The second-order valence-electron chi connectivity index (χ2n) is 3.84. The SMILES string of the molecule is CCCN(CC)Cc1ccc(OC)c(Br)c1. The predicted octanol–water partition coefficient (Wildman–Crippen LogP) is 3.69. The fourth-order valence-electron chi connectivity index (χ4n) is 1.73. The van der Waals surface area contributed by atoms with Crippen LogP contribution in [0, 0.1) is 0 Å². The van der Waals surface area contributed by atoms with E-state index >= 15 is 0 Å². The first kappa shape index (κ1) is 13.5. The molecule has 90 valence electrons. The Morgan fingerprint density at radius 3 is 2.56 bits per heavy atom. The maximum Gasteiger partial charge on any atom is 0.133 e. The van der Waals surface area contributed by atoms with Crippen LogP contribution in [0.1, 0.15) is 25.8 Å². The van der Waals surface area contributed by atoms with Gasteiger partial charge in [-0.25, -0.2) is 0 Å². The Hall–Kier alpha value is -0.540. The highest BCUT2D eigenvalue weighted by atomic mass is 79.9. The summed E-state index contributed by atoms with van der Waals surface area (Å²) in [7, 11) is 1.69. The van der Waals surface area contributed by atoms with Crippen LogP contribution in [-0.2, 0) is 6.54 Å². The highest BCUT2D eigenvalue weighted by molar-refractivity contribution is 9.10. The molecule has 0 unspecified atom stereocenters. The Balaban J connectivity index is 2.69. The molecule has 16 heavy (non-hydrogen) atoms. The number of methoxy groups -OCH3 is 1. The first-order valence-electron chi connectivity index (χ1n) is 5.76. The lowest BCUT2D eigenvalue weighted by Crippen LogP contribution is -2.23. The molecule has 0 heterocycles. The maximum absolute atomic E-state index is 5.22. The summed E-state index contributed by atoms with van der Waals surface area (Å²) in [5.41, 5.74) is 1.32. The first-order valence-corrected chi connectivity index (χ1v) is 6.55. The molecule has 0 bridgehead atoms. The van der Waals surface area contributed by atoms with Crippen molar-refractivity contribution < 1.29 is 4.74 Å². The highest BCUT2D eigenvalue weighted by Gasteiger charge is 2.05. The molecule has 0 aliphatic carbocycles. The van der Waals surface area contributed by atoms with Gasteiger partial charge < -0.3 is 4.74 Å². The van der Waals surface area contributed by atoms with Gasteiger partial charge in [-0.05, 0) is 53.1 Å². The van der Waals surface area contributed by atoms with Crippen LogP contribution in [0.25, 0.3) is 0 Å². The van der Waals surface area contributed by atoms with Crippen molar-refractivity contribution in [3.8, 4) is 5.75 Å². The van der Waals surface area contributed by atoms with Crippen LogP contribution in [0.5, 0.6) is 5.75 Å². The third kappa shape index (κ3) is 3.80. The summed E-state index contributed by atoms with van der Waals surface area (Å²) < 4.78 is 6.25. The molecule has 0 saturated heterocycles. The molecule has 0 N–H and O–H groups in total. The minimum atomic E-state index is 0.891. The van der Waals surface area contributed by atoms with Crippen molar-refractivity contribution in [3.05, 3.63) is 28.2 Å². The number of hydrogen-bond donors (Lipinski definition) is 0. The average molecular weight is 286 g/mol. The van der Waals surface area contributed by atoms with Gasteiger partial charge in [0.15, 0.2) is 0 Å². The van der Waals surface area contributed by atoms with E-state index in [-0.39, 0.29) is 0 Å². The van der Waals surface area contributed by atoms with E-state index < -0.39 is 0 Å². The van der Waals surface area contributed by atoms with Crippen LogP contribution < -0.4 is 4.74 Å². The number of hydrogen-bond acceptors (Lipinski definition) is 2. The van der Waals surface area contributed by atoms with Gasteiger partial charge in [-0.1, -0.05) is 19.9 Å². The van der Waals surface area contributed by atoms with E-state index in [1.807, 2.05) is 6.07 Å². The molecule has 0 saturated carbocycles. The van der Waals surface area contributed by atoms with Gasteiger partial charge in [-0.2, -0.15) is 0 Å². The summed E-state index contributed by atoms with van der Waals surface area (Å²) in [6.07, 6.45) is 1.20. The summed E-state index contributed by atoms with van der Waals surface area (Å²) in [6.45, 7) is 7.67. The van der Waals surface area contributed by atoms with Crippen molar-refractivity contribution in [3.63, 3.8) is 0 Å². The molecule has 2 nitrogen and oxygen atoms in total. The van der Waals surface area contributed by atoms with E-state index in [1.54, 1.807) is 7.11 Å². The summed E-state index contributed by atoms with van der Waals surface area (Å²) in [6, 6.07) is 6.28. The van der Waals surface area contributed by atoms with Gasteiger partial charge in [0.05, 0.1) is 11.6 Å². The number of nitrogens with zero attached hydrogens (tertiary/aromatic N) is 1. The van der Waals surface area contributed by atoms with E-state index in [1.165, 1.54) is 12.0 Å². The Bertz CT molecular complexity index is 328. The van der Waals surface area contributed by atoms with Crippen LogP contribution >= 0.6 is 15.9 Å². The zero-order valence-corrected chi connectivity index (χ0v) is 11.9. The van der Waals surface area contributed by atoms with Crippen molar-refractivity contribution in [1.82, 2.24) is 4.90 Å². The lowest BCUT2D eigenvalue weighted by Gasteiger charge is -2.19. The topological polar surface area (TPSA) is 12.5 Å². The molecule has 0 radical (unpaired) electrons. The van der Waals surface area contributed by atoms with Crippen LogP contribution in [0.3, 0.4) is 0 Å². The van der Waals surface area contributed by atoms with Gasteiger partial charge in [-0.3, -0.25) is 4.90 Å². The molecule has 1 aromatic carbocycles. The van der Waals surface area contributed by atoms with E-state index in [2.05, 4.69) is 46.8 Å². The van der Waals surface area contributed by atoms with E-state index in [9.17, 15) is 0 Å². The average Bonchev–Trinajstić information content (AvgIpc) is 2.28. The normalized spacial score (nSPS) is 10.8. The number of rotatable bonds is 6. The summed E-state index contributed by atoms with van der Waals surface area (Å²) in [5.74, 6) is 0.891. The minimum Gasteiger partial charge on any atom is -0.496 e. The monoisotopic (exact) mass is 285 g/mol. The molecule has 0 atom stereocenters. The predicted molar refractivity (Wildman–Crippen MR) is 71.9 cm³/mol. The molecule has 1 rings (SSSR count). The van der Waals surface area contributed by atoms with E-state index in [0.29, 0.717) is 0 Å². The summed E-state index contributed by atoms with van der Waals surface area (Å²) >= 11 is 3.51. The Kier molecular flexibility index (Phi) is 5.85. The third-order valence-corrected chi connectivity index (χ3v) is 3.23. The van der Waals surface area contributed by atoms with Gasteiger partial charge in [0, 0.05) is 6.54 Å². The Labute approximate surface area is 107 Å². The smallest absolute Gasteiger partial charge is 0.133 e. The third-order valence-electron chi connectivity index (χ3n) is 2.61. The van der Waals surface area contributed by atoms with Crippen molar-refractivity contribution in [2.45, 2.75) is 26.8 Å². The molecule has 1 aromatic rings. The van der Waals surface area contributed by atoms with Gasteiger partial charge in [0.1, 0.15) is 5.75 Å². The molecular weight excluding hydrogens is 266 g/mol. The van der Waals surface area contributed by atoms with Gasteiger partial charge in [0.25, 0.3) is 0 Å². The lowest BCUT2D eigenvalue weighted by molar-refractivity contribution is 0.280. The Morgan fingerprint density at radius 2 is 2.06 bits per heavy atom.